The molecule has 0 radical (unpaired) electrons. The molecular weight excluding hydrogens is 263 g/mol. The number of aromatic nitrogens is 1. The molecule has 0 saturated heterocycles. The number of carbonyl (C=O) groups is 1. The van der Waals surface area contributed by atoms with Gasteiger partial charge in [0.15, 0.2) is 5.43 Å². The zero-order chi connectivity index (χ0) is 13.3. The molecule has 0 atom stereocenters. The van der Waals surface area contributed by atoms with E-state index >= 15 is 0 Å². The minimum atomic E-state index is -1.06. The molecule has 0 bridgehead atoms. The fourth-order valence-corrected chi connectivity index (χ4v) is 1.70. The number of hydrogen-bond donors (Lipinski definition) is 1. The van der Waals surface area contributed by atoms with E-state index in [2.05, 4.69) is 0 Å². The van der Waals surface area contributed by atoms with Gasteiger partial charge in [0.1, 0.15) is 6.54 Å². The van der Waals surface area contributed by atoms with Crippen LogP contribution in [0.2, 0.25) is 0 Å². The Morgan fingerprint density at radius 2 is 2.05 bits per heavy atom. The SMILES string of the molecule is O=C(O)Cn1ccc(=O)c2cc([N+](=O)[O-])ccc21.[Na+]. The van der Waals surface area contributed by atoms with E-state index in [0.717, 1.165) is 6.07 Å². The van der Waals surface area contributed by atoms with Crippen molar-refractivity contribution in [1.29, 1.82) is 0 Å². The van der Waals surface area contributed by atoms with Gasteiger partial charge in [-0.1, -0.05) is 0 Å². The van der Waals surface area contributed by atoms with Gasteiger partial charge in [0.25, 0.3) is 5.69 Å². The summed E-state index contributed by atoms with van der Waals surface area (Å²) in [5.74, 6) is -1.06. The summed E-state index contributed by atoms with van der Waals surface area (Å²) in [5.41, 5.74) is -0.224. The third-order valence-corrected chi connectivity index (χ3v) is 2.48. The number of hydrogen-bond acceptors (Lipinski definition) is 4. The van der Waals surface area contributed by atoms with Crippen molar-refractivity contribution >= 4 is 22.6 Å². The molecule has 7 nitrogen and oxygen atoms in total. The Kier molecular flexibility index (Phi) is 4.82. The molecular formula is C11H8N2NaO5+. The average Bonchev–Trinajstić information content (AvgIpc) is 2.32. The van der Waals surface area contributed by atoms with Gasteiger partial charge in [-0.05, 0) is 6.07 Å². The van der Waals surface area contributed by atoms with Gasteiger partial charge in [-0.3, -0.25) is 19.7 Å². The first kappa shape index (κ1) is 15.4. The fraction of sp³-hybridized carbons (Fsp3) is 0.0909. The van der Waals surface area contributed by atoms with Crippen molar-refractivity contribution in [3.63, 3.8) is 0 Å². The van der Waals surface area contributed by atoms with E-state index in [-0.39, 0.29) is 52.6 Å². The van der Waals surface area contributed by atoms with Crippen LogP contribution in [0.5, 0.6) is 0 Å². The Morgan fingerprint density at radius 1 is 1.37 bits per heavy atom. The van der Waals surface area contributed by atoms with Crippen molar-refractivity contribution in [2.45, 2.75) is 6.54 Å². The Bertz CT molecular complexity index is 710. The Hall–Kier alpha value is -1.70. The number of fused-ring (bicyclic) bond motifs is 1. The Morgan fingerprint density at radius 3 is 2.63 bits per heavy atom. The number of carboxylic acids is 1. The number of rotatable bonds is 3. The largest absolute Gasteiger partial charge is 1.00 e. The number of carboxylic acid groups (broad SMARTS) is 1. The van der Waals surface area contributed by atoms with Gasteiger partial charge in [-0.15, -0.1) is 0 Å². The van der Waals surface area contributed by atoms with Crippen LogP contribution in [0.25, 0.3) is 10.9 Å². The molecule has 2 aromatic rings. The number of pyridine rings is 1. The van der Waals surface area contributed by atoms with Crippen LogP contribution in [0.15, 0.2) is 35.3 Å². The van der Waals surface area contributed by atoms with Gasteiger partial charge in [0.2, 0.25) is 0 Å². The van der Waals surface area contributed by atoms with Crippen LogP contribution < -0.4 is 35.0 Å². The summed E-state index contributed by atoms with van der Waals surface area (Å²) in [7, 11) is 0. The van der Waals surface area contributed by atoms with Crippen molar-refractivity contribution < 1.29 is 44.4 Å². The molecule has 0 aliphatic rings. The van der Waals surface area contributed by atoms with E-state index in [1.165, 1.54) is 29.0 Å². The van der Waals surface area contributed by atoms with E-state index in [0.29, 0.717) is 5.52 Å². The predicted molar refractivity (Wildman–Crippen MR) is 62.5 cm³/mol. The molecule has 0 spiro atoms. The van der Waals surface area contributed by atoms with Crippen molar-refractivity contribution in [3.8, 4) is 0 Å². The molecule has 8 heteroatoms. The second-order valence-corrected chi connectivity index (χ2v) is 3.66. The second-order valence-electron chi connectivity index (χ2n) is 3.66. The maximum atomic E-state index is 11.6. The molecule has 0 saturated carbocycles. The van der Waals surface area contributed by atoms with Crippen LogP contribution >= 0.6 is 0 Å². The monoisotopic (exact) mass is 271 g/mol. The molecule has 2 rings (SSSR count). The summed E-state index contributed by atoms with van der Waals surface area (Å²) in [6.07, 6.45) is 1.35. The van der Waals surface area contributed by atoms with E-state index in [1.54, 1.807) is 0 Å². The second kappa shape index (κ2) is 5.96. The number of benzene rings is 1. The number of nitro benzene ring substituents is 1. The van der Waals surface area contributed by atoms with Crippen LogP contribution in [0, 0.1) is 10.1 Å². The smallest absolute Gasteiger partial charge is 0.480 e. The minimum Gasteiger partial charge on any atom is -0.480 e. The number of nitrogens with zero attached hydrogens (tertiary/aromatic N) is 2. The van der Waals surface area contributed by atoms with Gasteiger partial charge in [0, 0.05) is 24.4 Å². The molecule has 92 valence electrons. The normalized spacial score (nSPS) is 9.89. The Balaban J connectivity index is 0.00000180. The molecule has 0 amide bonds. The molecule has 1 aromatic carbocycles. The maximum Gasteiger partial charge on any atom is 1.00 e. The molecule has 0 unspecified atom stereocenters. The Labute approximate surface area is 128 Å². The third-order valence-electron chi connectivity index (χ3n) is 2.48. The van der Waals surface area contributed by atoms with Crippen LogP contribution in [0.1, 0.15) is 0 Å². The summed E-state index contributed by atoms with van der Waals surface area (Å²) >= 11 is 0. The predicted octanol–water partition coefficient (Wildman–Crippen LogP) is -2.00. The van der Waals surface area contributed by atoms with Crippen LogP contribution in [0.4, 0.5) is 5.69 Å². The van der Waals surface area contributed by atoms with Crippen molar-refractivity contribution in [2.24, 2.45) is 0 Å². The van der Waals surface area contributed by atoms with Gasteiger partial charge >= 0.3 is 35.5 Å². The fourth-order valence-electron chi connectivity index (χ4n) is 1.70. The van der Waals surface area contributed by atoms with Gasteiger partial charge in [-0.2, -0.15) is 0 Å². The first-order valence-electron chi connectivity index (χ1n) is 4.98. The standard InChI is InChI=1S/C11H8N2O5.Na/c14-10-3-4-12(6-11(15)16)9-2-1-7(13(17)18)5-8(9)10;/h1-5H,6H2,(H,15,16);/q;+1. The van der Waals surface area contributed by atoms with Crippen molar-refractivity contribution in [2.75, 3.05) is 0 Å². The zero-order valence-corrected chi connectivity index (χ0v) is 12.1. The third kappa shape index (κ3) is 3.19. The summed E-state index contributed by atoms with van der Waals surface area (Å²) in [6.45, 7) is -0.311. The summed E-state index contributed by atoms with van der Waals surface area (Å²) < 4.78 is 1.35. The van der Waals surface area contributed by atoms with E-state index in [1.807, 2.05) is 0 Å². The summed E-state index contributed by atoms with van der Waals surface area (Å²) in [6, 6.07) is 4.95. The molecule has 0 fully saturated rings. The van der Waals surface area contributed by atoms with E-state index in [4.69, 9.17) is 5.11 Å². The quantitative estimate of drug-likeness (QED) is 0.395. The van der Waals surface area contributed by atoms with Crippen molar-refractivity contribution in [1.82, 2.24) is 4.57 Å². The first-order valence-corrected chi connectivity index (χ1v) is 4.98. The molecule has 0 aliphatic heterocycles. The number of non-ortho nitro benzene ring substituents is 1. The van der Waals surface area contributed by atoms with Gasteiger partial charge in [0.05, 0.1) is 15.8 Å². The van der Waals surface area contributed by atoms with Crippen LogP contribution in [-0.2, 0) is 11.3 Å². The summed E-state index contributed by atoms with van der Waals surface area (Å²) in [4.78, 5) is 32.3. The molecule has 0 aliphatic carbocycles. The average molecular weight is 271 g/mol. The maximum absolute atomic E-state index is 11.6. The molecule has 1 aromatic heterocycles. The zero-order valence-electron chi connectivity index (χ0n) is 10.1. The van der Waals surface area contributed by atoms with Gasteiger partial charge in [-0.25, -0.2) is 0 Å². The molecule has 1 N–H and O–H groups in total. The summed E-state index contributed by atoms with van der Waals surface area (Å²) in [5, 5.41) is 19.5. The first-order chi connectivity index (χ1) is 8.49. The van der Waals surface area contributed by atoms with E-state index in [9.17, 15) is 19.7 Å². The molecule has 1 heterocycles. The van der Waals surface area contributed by atoms with Gasteiger partial charge < -0.3 is 9.67 Å². The van der Waals surface area contributed by atoms with Crippen LogP contribution in [-0.4, -0.2) is 20.6 Å². The van der Waals surface area contributed by atoms with Crippen LogP contribution in [0.3, 0.4) is 0 Å². The van der Waals surface area contributed by atoms with E-state index < -0.39 is 10.9 Å². The number of nitro groups is 1. The van der Waals surface area contributed by atoms with Crippen molar-refractivity contribution in [3.05, 3.63) is 50.8 Å². The minimum absolute atomic E-state index is 0. The topological polar surface area (TPSA) is 102 Å². The number of aliphatic carboxylic acids is 1. The molecule has 19 heavy (non-hydrogen) atoms.